The summed E-state index contributed by atoms with van der Waals surface area (Å²) >= 11 is 0. The molecule has 1 aliphatic rings. The van der Waals surface area contributed by atoms with Crippen LogP contribution in [0, 0.1) is 5.92 Å². The summed E-state index contributed by atoms with van der Waals surface area (Å²) in [5.74, 6) is -2.84. The number of hydrogen-bond donors (Lipinski definition) is 2. The monoisotopic (exact) mass is 491 g/mol. The molecule has 1 aromatic carbocycles. The van der Waals surface area contributed by atoms with Crippen LogP contribution in [0.1, 0.15) is 34.1 Å². The maximum Gasteiger partial charge on any atom is 0.354 e. The molecule has 0 spiro atoms. The number of methoxy groups -OCH3 is 1. The van der Waals surface area contributed by atoms with Crippen molar-refractivity contribution in [1.29, 1.82) is 0 Å². The lowest BCUT2D eigenvalue weighted by atomic mass is 9.87. The summed E-state index contributed by atoms with van der Waals surface area (Å²) < 4.78 is 9.28. The standard InChI is InChI=1S/C19H25N5O5.C4H8O2/c1-12-15(16(26)23(3)4)11-19(17(27)29-5,21-13(2)25)24(22-12)18(28)20-14-9-7-6-8-10-14;1-3-6-4(2)5/h6-10,15H,11H2,1-5H3,(H,20,28)(H,21,25);3H2,1-2H3/t15-,19+;/m0./s1. The number of anilines is 1. The Labute approximate surface area is 204 Å². The second-order valence-electron chi connectivity index (χ2n) is 7.80. The van der Waals surface area contributed by atoms with E-state index in [1.165, 1.54) is 18.7 Å². The van der Waals surface area contributed by atoms with E-state index in [0.29, 0.717) is 18.0 Å². The van der Waals surface area contributed by atoms with Gasteiger partial charge in [-0.05, 0) is 26.0 Å². The van der Waals surface area contributed by atoms with E-state index in [2.05, 4.69) is 20.5 Å². The third kappa shape index (κ3) is 7.80. The van der Waals surface area contributed by atoms with Crippen LogP contribution >= 0.6 is 0 Å². The number of urea groups is 1. The van der Waals surface area contributed by atoms with Crippen molar-refractivity contribution >= 4 is 41.2 Å². The fourth-order valence-electron chi connectivity index (χ4n) is 3.32. The zero-order valence-electron chi connectivity index (χ0n) is 21.1. The van der Waals surface area contributed by atoms with Crippen LogP contribution in [0.2, 0.25) is 0 Å². The van der Waals surface area contributed by atoms with Gasteiger partial charge < -0.3 is 25.0 Å². The van der Waals surface area contributed by atoms with Gasteiger partial charge in [0.05, 0.1) is 19.6 Å². The summed E-state index contributed by atoms with van der Waals surface area (Å²) in [7, 11) is 4.28. The molecule has 0 fully saturated rings. The highest BCUT2D eigenvalue weighted by atomic mass is 16.5. The van der Waals surface area contributed by atoms with Gasteiger partial charge in [0, 0.05) is 45.8 Å². The molecular formula is C23H33N5O7. The van der Waals surface area contributed by atoms with E-state index >= 15 is 0 Å². The van der Waals surface area contributed by atoms with Gasteiger partial charge in [-0.1, -0.05) is 18.2 Å². The highest BCUT2D eigenvalue weighted by Gasteiger charge is 2.55. The Balaban J connectivity index is 0.000000905. The van der Waals surface area contributed by atoms with Crippen molar-refractivity contribution in [3.8, 4) is 0 Å². The summed E-state index contributed by atoms with van der Waals surface area (Å²) in [6.45, 7) is 6.44. The van der Waals surface area contributed by atoms with Crippen LogP contribution in [0.15, 0.2) is 35.4 Å². The summed E-state index contributed by atoms with van der Waals surface area (Å²) in [5, 5.41) is 10.2. The van der Waals surface area contributed by atoms with Crippen LogP contribution in [0.3, 0.4) is 0 Å². The first-order chi connectivity index (χ1) is 16.4. The molecule has 2 atom stereocenters. The summed E-state index contributed by atoms with van der Waals surface area (Å²) in [6, 6.07) is 7.81. The van der Waals surface area contributed by atoms with Crippen molar-refractivity contribution in [3.63, 3.8) is 0 Å². The molecular weight excluding hydrogens is 458 g/mol. The molecule has 0 aromatic heterocycles. The van der Waals surface area contributed by atoms with Crippen molar-refractivity contribution in [2.75, 3.05) is 33.1 Å². The van der Waals surface area contributed by atoms with Gasteiger partial charge in [-0.2, -0.15) is 10.1 Å². The molecule has 4 amide bonds. The molecule has 35 heavy (non-hydrogen) atoms. The molecule has 12 nitrogen and oxygen atoms in total. The van der Waals surface area contributed by atoms with Gasteiger partial charge in [-0.15, -0.1) is 0 Å². The Morgan fingerprint density at radius 2 is 1.74 bits per heavy atom. The van der Waals surface area contributed by atoms with Gasteiger partial charge >= 0.3 is 18.0 Å². The van der Waals surface area contributed by atoms with Crippen molar-refractivity contribution in [2.24, 2.45) is 11.0 Å². The van der Waals surface area contributed by atoms with Gasteiger partial charge in [-0.3, -0.25) is 14.4 Å². The van der Waals surface area contributed by atoms with Gasteiger partial charge in [0.1, 0.15) is 0 Å². The number of nitrogens with one attached hydrogen (secondary N) is 2. The fourth-order valence-corrected chi connectivity index (χ4v) is 3.32. The van der Waals surface area contributed by atoms with E-state index in [4.69, 9.17) is 4.74 Å². The van der Waals surface area contributed by atoms with Gasteiger partial charge in [-0.25, -0.2) is 9.59 Å². The van der Waals surface area contributed by atoms with E-state index in [9.17, 15) is 24.0 Å². The molecule has 0 bridgehead atoms. The van der Waals surface area contributed by atoms with Gasteiger partial charge in [0.25, 0.3) is 0 Å². The number of amides is 4. The first-order valence-electron chi connectivity index (χ1n) is 10.8. The zero-order valence-corrected chi connectivity index (χ0v) is 21.1. The largest absolute Gasteiger partial charge is 0.466 e. The lowest BCUT2D eigenvalue weighted by molar-refractivity contribution is -0.161. The Bertz CT molecular complexity index is 964. The predicted molar refractivity (Wildman–Crippen MR) is 128 cm³/mol. The molecule has 1 aromatic rings. The predicted octanol–water partition coefficient (Wildman–Crippen LogP) is 1.58. The number of ether oxygens (including phenoxy) is 2. The minimum atomic E-state index is -1.98. The second-order valence-corrected chi connectivity index (χ2v) is 7.80. The quantitative estimate of drug-likeness (QED) is 0.595. The molecule has 12 heteroatoms. The van der Waals surface area contributed by atoms with Crippen molar-refractivity contribution in [2.45, 2.75) is 39.8 Å². The maximum absolute atomic E-state index is 13.0. The molecule has 2 rings (SSSR count). The molecule has 192 valence electrons. The molecule has 0 aliphatic carbocycles. The SMILES string of the molecule is CCOC(C)=O.COC(=O)[C@@]1(NC(C)=O)C[C@H](C(=O)N(C)C)C(C)=NN1C(=O)Nc1ccccc1. The first-order valence-corrected chi connectivity index (χ1v) is 10.8. The number of benzene rings is 1. The smallest absolute Gasteiger partial charge is 0.354 e. The second kappa shape index (κ2) is 13.1. The number of carbonyl (C=O) groups is 5. The molecule has 0 saturated heterocycles. The first kappa shape index (κ1) is 29.1. The van der Waals surface area contributed by atoms with E-state index in [0.717, 1.165) is 12.1 Å². The molecule has 1 aliphatic heterocycles. The van der Waals surface area contributed by atoms with E-state index < -0.39 is 29.5 Å². The van der Waals surface area contributed by atoms with Crippen LogP contribution in [0.25, 0.3) is 0 Å². The summed E-state index contributed by atoms with van der Waals surface area (Å²) in [5.41, 5.74) is -1.18. The summed E-state index contributed by atoms with van der Waals surface area (Å²) in [6.07, 6.45) is -0.214. The van der Waals surface area contributed by atoms with Gasteiger partial charge in [0.15, 0.2) is 0 Å². The van der Waals surface area contributed by atoms with Crippen LogP contribution in [-0.4, -0.2) is 78.9 Å². The Morgan fingerprint density at radius 3 is 2.17 bits per heavy atom. The number of esters is 2. The number of hydrogen-bond acceptors (Lipinski definition) is 8. The van der Waals surface area contributed by atoms with Crippen LogP contribution < -0.4 is 10.6 Å². The number of carbonyl (C=O) groups excluding carboxylic acids is 5. The van der Waals surface area contributed by atoms with Crippen LogP contribution in [0.5, 0.6) is 0 Å². The maximum atomic E-state index is 13.0. The van der Waals surface area contributed by atoms with Crippen LogP contribution in [0.4, 0.5) is 10.5 Å². The van der Waals surface area contributed by atoms with E-state index in [1.54, 1.807) is 58.3 Å². The van der Waals surface area contributed by atoms with E-state index in [1.807, 2.05) is 0 Å². The summed E-state index contributed by atoms with van der Waals surface area (Å²) in [4.78, 5) is 61.5. The zero-order chi connectivity index (χ0) is 26.8. The average Bonchev–Trinajstić information content (AvgIpc) is 2.79. The normalized spacial score (nSPS) is 18.7. The number of nitrogens with zero attached hydrogens (tertiary/aromatic N) is 3. The number of para-hydroxylation sites is 1. The Morgan fingerprint density at radius 1 is 1.14 bits per heavy atom. The molecule has 0 radical (unpaired) electrons. The third-order valence-electron chi connectivity index (χ3n) is 4.83. The Kier molecular flexibility index (Phi) is 10.8. The molecule has 0 unspecified atom stereocenters. The van der Waals surface area contributed by atoms with Crippen molar-refractivity contribution in [1.82, 2.24) is 15.2 Å². The lowest BCUT2D eigenvalue weighted by Gasteiger charge is -2.43. The van der Waals surface area contributed by atoms with Crippen LogP contribution in [-0.2, 0) is 28.7 Å². The molecule has 1 heterocycles. The minimum absolute atomic E-state index is 0.211. The topological polar surface area (TPSA) is 147 Å². The number of hydrazone groups is 1. The van der Waals surface area contributed by atoms with Crippen molar-refractivity contribution < 1.29 is 33.4 Å². The Hall–Kier alpha value is -3.96. The minimum Gasteiger partial charge on any atom is -0.466 e. The van der Waals surface area contributed by atoms with Crippen molar-refractivity contribution in [3.05, 3.63) is 30.3 Å². The van der Waals surface area contributed by atoms with E-state index in [-0.39, 0.29) is 18.3 Å². The lowest BCUT2D eigenvalue weighted by Crippen LogP contribution is -2.69. The highest BCUT2D eigenvalue weighted by molar-refractivity contribution is 6.06. The highest BCUT2D eigenvalue weighted by Crippen LogP contribution is 2.32. The number of rotatable bonds is 5. The third-order valence-corrected chi connectivity index (χ3v) is 4.83. The molecule has 2 N–H and O–H groups in total. The molecule has 0 saturated carbocycles. The average molecular weight is 492 g/mol. The fraction of sp³-hybridized carbons (Fsp3) is 0.478. The van der Waals surface area contributed by atoms with Gasteiger partial charge in [0.2, 0.25) is 17.5 Å².